The van der Waals surface area contributed by atoms with Crippen molar-refractivity contribution in [2.45, 2.75) is 23.8 Å². The van der Waals surface area contributed by atoms with Crippen molar-refractivity contribution in [3.8, 4) is 11.1 Å². The van der Waals surface area contributed by atoms with Gasteiger partial charge >= 0.3 is 0 Å². The lowest BCUT2D eigenvalue weighted by Gasteiger charge is -2.32. The number of guanidine groups is 1. The Balaban J connectivity index is 1.57. The van der Waals surface area contributed by atoms with Gasteiger partial charge in [0.1, 0.15) is 12.6 Å². The molecule has 11 nitrogen and oxygen atoms in total. The minimum Gasteiger partial charge on any atom is -0.391 e. The van der Waals surface area contributed by atoms with Gasteiger partial charge in [-0.15, -0.1) is 0 Å². The van der Waals surface area contributed by atoms with E-state index in [9.17, 15) is 18.0 Å². The van der Waals surface area contributed by atoms with Crippen LogP contribution in [-0.4, -0.2) is 63.4 Å². The molecule has 0 unspecified atom stereocenters. The lowest BCUT2D eigenvalue weighted by molar-refractivity contribution is -0.139. The first kappa shape index (κ1) is 26.3. The number of nitrogens with one attached hydrogen (secondary N) is 2. The molecule has 1 aliphatic heterocycles. The SMILES string of the molecule is NC(N)=NOCCNC(=O)CN1CCC[C@H](NS(=O)(=O)c2ccc(-c3cccc(Cl)c3)cc2)C1=O. The number of halogens is 1. The van der Waals surface area contributed by atoms with Crippen LogP contribution in [-0.2, 0) is 24.4 Å². The summed E-state index contributed by atoms with van der Waals surface area (Å²) in [4.78, 5) is 31.1. The molecule has 6 N–H and O–H groups in total. The van der Waals surface area contributed by atoms with E-state index in [-0.39, 0.29) is 30.6 Å². The van der Waals surface area contributed by atoms with Crippen LogP contribution in [0.1, 0.15) is 12.8 Å². The second kappa shape index (κ2) is 11.9. The number of likely N-dealkylation sites (tertiary alicyclic amines) is 1. The average molecular weight is 523 g/mol. The molecule has 188 valence electrons. The zero-order valence-corrected chi connectivity index (χ0v) is 20.4. The maximum absolute atomic E-state index is 12.9. The van der Waals surface area contributed by atoms with E-state index in [1.165, 1.54) is 17.0 Å². The minimum absolute atomic E-state index is 0.0340. The number of sulfonamides is 1. The molecule has 0 aliphatic carbocycles. The molecule has 35 heavy (non-hydrogen) atoms. The van der Waals surface area contributed by atoms with Crippen molar-refractivity contribution < 1.29 is 22.8 Å². The fourth-order valence-electron chi connectivity index (χ4n) is 3.54. The Kier molecular flexibility index (Phi) is 8.90. The quantitative estimate of drug-likeness (QED) is 0.153. The summed E-state index contributed by atoms with van der Waals surface area (Å²) in [5.74, 6) is -1.10. The summed E-state index contributed by atoms with van der Waals surface area (Å²) in [6.07, 6.45) is 0.886. The third-order valence-electron chi connectivity index (χ3n) is 5.17. The Morgan fingerprint density at radius 2 is 1.91 bits per heavy atom. The van der Waals surface area contributed by atoms with Gasteiger partial charge in [-0.1, -0.05) is 35.9 Å². The summed E-state index contributed by atoms with van der Waals surface area (Å²) in [7, 11) is -3.95. The van der Waals surface area contributed by atoms with Crippen LogP contribution in [0.4, 0.5) is 0 Å². The molecule has 2 aromatic carbocycles. The number of oxime groups is 1. The molecule has 13 heteroatoms. The van der Waals surface area contributed by atoms with Crippen LogP contribution < -0.4 is 21.5 Å². The standard InChI is InChI=1S/C22H27ClN6O5S/c23-17-4-1-3-16(13-17)15-6-8-18(9-7-15)35(32,33)28-19-5-2-11-29(21(19)31)14-20(30)26-10-12-34-27-22(24)25/h1,3-4,6-9,13,19,28H,2,5,10-12,14H2,(H,26,30)(H4,24,25,27)/t19-/m0/s1. The largest absolute Gasteiger partial charge is 0.391 e. The highest BCUT2D eigenvalue weighted by Gasteiger charge is 2.33. The molecule has 1 aliphatic rings. The normalized spacial score (nSPS) is 16.0. The number of amides is 2. The minimum atomic E-state index is -3.95. The highest BCUT2D eigenvalue weighted by Crippen LogP contribution is 2.24. The van der Waals surface area contributed by atoms with Crippen LogP contribution in [0.15, 0.2) is 58.6 Å². The third kappa shape index (κ3) is 7.57. The molecule has 1 heterocycles. The number of carbonyl (C=O) groups is 2. The van der Waals surface area contributed by atoms with Crippen molar-refractivity contribution in [1.82, 2.24) is 14.9 Å². The first-order chi connectivity index (χ1) is 16.7. The van der Waals surface area contributed by atoms with Crippen LogP contribution >= 0.6 is 11.6 Å². The summed E-state index contributed by atoms with van der Waals surface area (Å²) in [5, 5.41) is 6.49. The predicted molar refractivity (Wildman–Crippen MR) is 132 cm³/mol. The van der Waals surface area contributed by atoms with Gasteiger partial charge in [0.2, 0.25) is 27.8 Å². The van der Waals surface area contributed by atoms with Crippen molar-refractivity contribution in [3.05, 3.63) is 53.6 Å². The summed E-state index contributed by atoms with van der Waals surface area (Å²) >= 11 is 6.03. The predicted octanol–water partition coefficient (Wildman–Crippen LogP) is 0.598. The number of carbonyl (C=O) groups excluding carboxylic acids is 2. The Labute approximate surface area is 208 Å². The smallest absolute Gasteiger partial charge is 0.241 e. The first-order valence-corrected chi connectivity index (χ1v) is 12.7. The van der Waals surface area contributed by atoms with Crippen molar-refractivity contribution in [1.29, 1.82) is 0 Å². The zero-order valence-electron chi connectivity index (χ0n) is 18.8. The fourth-order valence-corrected chi connectivity index (χ4v) is 4.96. The number of piperidine rings is 1. The van der Waals surface area contributed by atoms with Crippen molar-refractivity contribution in [3.63, 3.8) is 0 Å². The fraction of sp³-hybridized carbons (Fsp3) is 0.318. The Hall–Kier alpha value is -3.35. The maximum atomic E-state index is 12.9. The number of benzene rings is 2. The van der Waals surface area contributed by atoms with E-state index in [2.05, 4.69) is 15.2 Å². The van der Waals surface area contributed by atoms with Gasteiger partial charge in [-0.2, -0.15) is 4.72 Å². The first-order valence-electron chi connectivity index (χ1n) is 10.8. The van der Waals surface area contributed by atoms with Crippen LogP contribution in [0.25, 0.3) is 11.1 Å². The molecule has 0 spiro atoms. The molecule has 2 amide bonds. The molecular weight excluding hydrogens is 496 g/mol. The number of rotatable bonds is 10. The second-order valence-electron chi connectivity index (χ2n) is 7.81. The van der Waals surface area contributed by atoms with Crippen molar-refractivity contribution >= 4 is 39.4 Å². The molecular formula is C22H27ClN6O5S. The highest BCUT2D eigenvalue weighted by molar-refractivity contribution is 7.89. The molecule has 1 atom stereocenters. The molecule has 2 aromatic rings. The van der Waals surface area contributed by atoms with Gasteiger partial charge in [0.05, 0.1) is 18.0 Å². The van der Waals surface area contributed by atoms with Gasteiger partial charge < -0.3 is 26.5 Å². The summed E-state index contributed by atoms with van der Waals surface area (Å²) in [6, 6.07) is 12.6. The summed E-state index contributed by atoms with van der Waals surface area (Å²) < 4.78 is 28.3. The van der Waals surface area contributed by atoms with Gasteiger partial charge in [0.25, 0.3) is 0 Å². The van der Waals surface area contributed by atoms with E-state index in [4.69, 9.17) is 27.9 Å². The molecule has 0 saturated carbocycles. The van der Waals surface area contributed by atoms with Crippen molar-refractivity contribution in [2.24, 2.45) is 16.6 Å². The monoisotopic (exact) mass is 522 g/mol. The molecule has 0 bridgehead atoms. The maximum Gasteiger partial charge on any atom is 0.241 e. The van der Waals surface area contributed by atoms with Crippen LogP contribution in [0.5, 0.6) is 0 Å². The molecule has 1 fully saturated rings. The zero-order chi connectivity index (χ0) is 25.4. The van der Waals surface area contributed by atoms with Gasteiger partial charge in [-0.3, -0.25) is 9.59 Å². The number of hydrogen-bond acceptors (Lipinski definition) is 6. The Bertz CT molecular complexity index is 1190. The molecule has 0 aromatic heterocycles. The topological polar surface area (TPSA) is 169 Å². The Morgan fingerprint density at radius 3 is 2.60 bits per heavy atom. The molecule has 1 saturated heterocycles. The second-order valence-corrected chi connectivity index (χ2v) is 9.96. The lowest BCUT2D eigenvalue weighted by Crippen LogP contribution is -2.54. The number of hydrogen-bond donors (Lipinski definition) is 4. The third-order valence-corrected chi connectivity index (χ3v) is 6.89. The van der Waals surface area contributed by atoms with E-state index >= 15 is 0 Å². The Morgan fingerprint density at radius 1 is 1.17 bits per heavy atom. The van der Waals surface area contributed by atoms with E-state index in [0.29, 0.717) is 24.4 Å². The highest BCUT2D eigenvalue weighted by atomic mass is 35.5. The number of nitrogens with zero attached hydrogens (tertiary/aromatic N) is 2. The molecule has 3 rings (SSSR count). The van der Waals surface area contributed by atoms with Crippen LogP contribution in [0.3, 0.4) is 0 Å². The number of nitrogens with two attached hydrogens (primary N) is 2. The van der Waals surface area contributed by atoms with E-state index in [1.54, 1.807) is 24.3 Å². The molecule has 0 radical (unpaired) electrons. The van der Waals surface area contributed by atoms with E-state index in [0.717, 1.165) is 11.1 Å². The van der Waals surface area contributed by atoms with Gasteiger partial charge in [0.15, 0.2) is 0 Å². The van der Waals surface area contributed by atoms with Crippen LogP contribution in [0, 0.1) is 0 Å². The van der Waals surface area contributed by atoms with Gasteiger partial charge in [0, 0.05) is 11.6 Å². The summed E-state index contributed by atoms with van der Waals surface area (Å²) in [6.45, 7) is 0.339. The van der Waals surface area contributed by atoms with Gasteiger partial charge in [-0.25, -0.2) is 8.42 Å². The van der Waals surface area contributed by atoms with Crippen LogP contribution in [0.2, 0.25) is 5.02 Å². The van der Waals surface area contributed by atoms with Gasteiger partial charge in [-0.05, 0) is 53.4 Å². The van der Waals surface area contributed by atoms with E-state index < -0.39 is 27.9 Å². The average Bonchev–Trinajstić information content (AvgIpc) is 2.81. The lowest BCUT2D eigenvalue weighted by atomic mass is 10.1. The van der Waals surface area contributed by atoms with E-state index in [1.807, 2.05) is 12.1 Å². The summed E-state index contributed by atoms with van der Waals surface area (Å²) in [5.41, 5.74) is 11.9. The van der Waals surface area contributed by atoms with Crippen molar-refractivity contribution in [2.75, 3.05) is 26.2 Å².